The molecule has 7 heteroatoms. The zero-order valence-corrected chi connectivity index (χ0v) is 14.2. The number of halogens is 2. The van der Waals surface area contributed by atoms with Gasteiger partial charge in [0, 0.05) is 12.7 Å². The van der Waals surface area contributed by atoms with Crippen LogP contribution in [0.25, 0.3) is 0 Å². The maximum Gasteiger partial charge on any atom is 0.232 e. The fourth-order valence-electron chi connectivity index (χ4n) is 1.14. The quantitative estimate of drug-likeness (QED) is 0.334. The smallest absolute Gasteiger partial charge is 0.232 e. The summed E-state index contributed by atoms with van der Waals surface area (Å²) >= 11 is 5.89. The van der Waals surface area contributed by atoms with Crippen molar-refractivity contribution in [2.75, 3.05) is 19.7 Å². The third-order valence-corrected chi connectivity index (χ3v) is 2.29. The largest absolute Gasteiger partial charge is 0.475 e. The molecule has 3 N–H and O–H groups in total. The molecule has 0 saturated carbocycles. The van der Waals surface area contributed by atoms with Gasteiger partial charge in [-0.2, -0.15) is 0 Å². The van der Waals surface area contributed by atoms with Crippen LogP contribution in [-0.2, 0) is 0 Å². The molecule has 19 heavy (non-hydrogen) atoms. The van der Waals surface area contributed by atoms with Gasteiger partial charge >= 0.3 is 0 Å². The Bertz CT molecular complexity index is 401. The van der Waals surface area contributed by atoms with Crippen molar-refractivity contribution < 1.29 is 4.74 Å². The lowest BCUT2D eigenvalue weighted by molar-refractivity contribution is 0.310. The summed E-state index contributed by atoms with van der Waals surface area (Å²) in [6.45, 7) is 5.87. The number of rotatable bonds is 6. The first-order chi connectivity index (χ1) is 8.59. The van der Waals surface area contributed by atoms with Crippen molar-refractivity contribution in [3.8, 4) is 5.88 Å². The zero-order chi connectivity index (χ0) is 13.4. The van der Waals surface area contributed by atoms with E-state index in [2.05, 4.69) is 29.1 Å². The lowest BCUT2D eigenvalue weighted by Gasteiger charge is -2.08. The van der Waals surface area contributed by atoms with Gasteiger partial charge in [0.1, 0.15) is 11.6 Å². The van der Waals surface area contributed by atoms with Gasteiger partial charge in [0.25, 0.3) is 0 Å². The zero-order valence-electron chi connectivity index (χ0n) is 11.1. The van der Waals surface area contributed by atoms with E-state index >= 15 is 0 Å². The monoisotopic (exact) mass is 398 g/mol. The first-order valence-electron chi connectivity index (χ1n) is 5.86. The molecule has 0 amide bonds. The van der Waals surface area contributed by atoms with E-state index < -0.39 is 0 Å². The van der Waals surface area contributed by atoms with Crippen LogP contribution in [0.2, 0.25) is 5.02 Å². The Balaban J connectivity index is 0.00000324. The molecule has 0 aliphatic heterocycles. The third-order valence-electron chi connectivity index (χ3n) is 2.00. The van der Waals surface area contributed by atoms with E-state index in [1.54, 1.807) is 18.3 Å². The highest BCUT2D eigenvalue weighted by Crippen LogP contribution is 2.19. The predicted molar refractivity (Wildman–Crippen MR) is 89.5 cm³/mol. The van der Waals surface area contributed by atoms with Crippen LogP contribution in [0.5, 0.6) is 5.88 Å². The van der Waals surface area contributed by atoms with Crippen LogP contribution in [-0.4, -0.2) is 30.6 Å². The molecule has 0 spiro atoms. The lowest BCUT2D eigenvalue weighted by atomic mass is 10.2. The number of ether oxygens (including phenoxy) is 1. The van der Waals surface area contributed by atoms with Gasteiger partial charge in [-0.1, -0.05) is 25.4 Å². The SMILES string of the molecule is CC(C)CN=C(N)NCCOc1ncccc1Cl.I. The molecule has 0 saturated heterocycles. The molecule has 0 fully saturated rings. The fourth-order valence-corrected chi connectivity index (χ4v) is 1.32. The first-order valence-corrected chi connectivity index (χ1v) is 6.24. The molecular formula is C12H20ClIN4O. The third kappa shape index (κ3) is 8.10. The predicted octanol–water partition coefficient (Wildman–Crippen LogP) is 2.29. The molecule has 108 valence electrons. The van der Waals surface area contributed by atoms with Gasteiger partial charge in [0.2, 0.25) is 5.88 Å². The van der Waals surface area contributed by atoms with Gasteiger partial charge in [-0.25, -0.2) is 4.98 Å². The summed E-state index contributed by atoms with van der Waals surface area (Å²) in [7, 11) is 0. The van der Waals surface area contributed by atoms with Crippen LogP contribution < -0.4 is 15.8 Å². The summed E-state index contributed by atoms with van der Waals surface area (Å²) in [6, 6.07) is 3.49. The van der Waals surface area contributed by atoms with Crippen molar-refractivity contribution in [2.24, 2.45) is 16.6 Å². The summed E-state index contributed by atoms with van der Waals surface area (Å²) in [5.41, 5.74) is 5.67. The van der Waals surface area contributed by atoms with E-state index in [9.17, 15) is 0 Å². The Hall–Kier alpha value is -0.760. The fraction of sp³-hybridized carbons (Fsp3) is 0.500. The van der Waals surface area contributed by atoms with Crippen LogP contribution in [0, 0.1) is 5.92 Å². The highest BCUT2D eigenvalue weighted by atomic mass is 127. The summed E-state index contributed by atoms with van der Waals surface area (Å²) in [6.07, 6.45) is 1.63. The van der Waals surface area contributed by atoms with Crippen LogP contribution in [0.1, 0.15) is 13.8 Å². The standard InChI is InChI=1S/C12H19ClN4O.HI/c1-9(2)8-17-12(14)16-6-7-18-11-10(13)4-3-5-15-11;/h3-5,9H,6-8H2,1-2H3,(H3,14,16,17);1H. The van der Waals surface area contributed by atoms with Crippen molar-refractivity contribution in [3.05, 3.63) is 23.4 Å². The highest BCUT2D eigenvalue weighted by molar-refractivity contribution is 14.0. The van der Waals surface area contributed by atoms with Gasteiger partial charge in [0.05, 0.1) is 6.54 Å². The van der Waals surface area contributed by atoms with E-state index in [1.807, 2.05) is 0 Å². The number of hydrogen-bond donors (Lipinski definition) is 2. The summed E-state index contributed by atoms with van der Waals surface area (Å²) in [5, 5.41) is 3.46. The van der Waals surface area contributed by atoms with Crippen LogP contribution in [0.4, 0.5) is 0 Å². The average Bonchev–Trinajstić information content (AvgIpc) is 2.34. The number of hydrogen-bond acceptors (Lipinski definition) is 3. The number of aliphatic imine (C=N–C) groups is 1. The Labute approximate surface area is 136 Å². The molecule has 1 aromatic rings. The molecule has 0 atom stereocenters. The van der Waals surface area contributed by atoms with E-state index in [0.29, 0.717) is 42.5 Å². The van der Waals surface area contributed by atoms with Gasteiger partial charge in [-0.3, -0.25) is 4.99 Å². The van der Waals surface area contributed by atoms with Gasteiger partial charge in [-0.05, 0) is 18.1 Å². The maximum absolute atomic E-state index is 5.89. The minimum Gasteiger partial charge on any atom is -0.475 e. The minimum atomic E-state index is 0. The van der Waals surface area contributed by atoms with Gasteiger partial charge in [0.15, 0.2) is 5.96 Å². The molecule has 0 radical (unpaired) electrons. The Morgan fingerprint density at radius 1 is 1.58 bits per heavy atom. The Morgan fingerprint density at radius 3 is 2.95 bits per heavy atom. The Morgan fingerprint density at radius 2 is 2.32 bits per heavy atom. The molecule has 5 nitrogen and oxygen atoms in total. The van der Waals surface area contributed by atoms with Crippen molar-refractivity contribution in [1.29, 1.82) is 0 Å². The van der Waals surface area contributed by atoms with Gasteiger partial charge in [-0.15, -0.1) is 24.0 Å². The lowest BCUT2D eigenvalue weighted by Crippen LogP contribution is -2.35. The second-order valence-electron chi connectivity index (χ2n) is 4.19. The molecule has 0 aliphatic carbocycles. The highest BCUT2D eigenvalue weighted by Gasteiger charge is 2.01. The van der Waals surface area contributed by atoms with Crippen molar-refractivity contribution in [3.63, 3.8) is 0 Å². The number of aromatic nitrogens is 1. The molecule has 1 rings (SSSR count). The van der Waals surface area contributed by atoms with Crippen molar-refractivity contribution in [2.45, 2.75) is 13.8 Å². The van der Waals surface area contributed by atoms with E-state index in [0.717, 1.165) is 0 Å². The van der Waals surface area contributed by atoms with E-state index in [4.69, 9.17) is 22.1 Å². The van der Waals surface area contributed by atoms with Crippen LogP contribution >= 0.6 is 35.6 Å². The molecule has 1 heterocycles. The van der Waals surface area contributed by atoms with E-state index in [1.165, 1.54) is 0 Å². The van der Waals surface area contributed by atoms with Gasteiger partial charge < -0.3 is 15.8 Å². The summed E-state index contributed by atoms with van der Waals surface area (Å²) < 4.78 is 5.40. The number of nitrogens with two attached hydrogens (primary N) is 1. The molecule has 0 bridgehead atoms. The number of guanidine groups is 1. The number of nitrogens with one attached hydrogen (secondary N) is 1. The average molecular weight is 399 g/mol. The second-order valence-corrected chi connectivity index (χ2v) is 4.59. The molecule has 0 aromatic carbocycles. The van der Waals surface area contributed by atoms with Crippen molar-refractivity contribution in [1.82, 2.24) is 10.3 Å². The van der Waals surface area contributed by atoms with E-state index in [-0.39, 0.29) is 24.0 Å². The molecule has 1 aromatic heterocycles. The first kappa shape index (κ1) is 18.2. The topological polar surface area (TPSA) is 72.5 Å². The number of pyridine rings is 1. The normalized spacial score (nSPS) is 11.1. The minimum absolute atomic E-state index is 0. The van der Waals surface area contributed by atoms with Crippen LogP contribution in [0.15, 0.2) is 23.3 Å². The summed E-state index contributed by atoms with van der Waals surface area (Å²) in [4.78, 5) is 8.18. The second kappa shape index (κ2) is 10.1. The number of nitrogens with zero attached hydrogens (tertiary/aromatic N) is 2. The molecular weight excluding hydrogens is 379 g/mol. The summed E-state index contributed by atoms with van der Waals surface area (Å²) in [5.74, 6) is 1.35. The molecule has 0 unspecified atom stereocenters. The maximum atomic E-state index is 5.89. The molecule has 0 aliphatic rings. The van der Waals surface area contributed by atoms with Crippen LogP contribution in [0.3, 0.4) is 0 Å². The van der Waals surface area contributed by atoms with Crippen molar-refractivity contribution >= 4 is 41.5 Å². The Kier molecular flexibility index (Phi) is 9.68.